The topological polar surface area (TPSA) is 37.3 Å². The van der Waals surface area contributed by atoms with Crippen molar-refractivity contribution in [1.82, 2.24) is 0 Å². The Bertz CT molecular complexity index is 408. The molecule has 0 amide bonds. The van der Waals surface area contributed by atoms with E-state index in [2.05, 4.69) is 6.58 Å². The van der Waals surface area contributed by atoms with Crippen molar-refractivity contribution in [1.29, 1.82) is 0 Å². The summed E-state index contributed by atoms with van der Waals surface area (Å²) in [6, 6.07) is 2.57. The highest BCUT2D eigenvalue weighted by molar-refractivity contribution is 5.88. The third kappa shape index (κ3) is 2.59. The Kier molecular flexibility index (Phi) is 2.83. The Balaban J connectivity index is 3.36. The van der Waals surface area contributed by atoms with Crippen molar-refractivity contribution in [2.24, 2.45) is 0 Å². The second-order valence-electron chi connectivity index (χ2n) is 2.85. The van der Waals surface area contributed by atoms with Gasteiger partial charge in [0.2, 0.25) is 0 Å². The summed E-state index contributed by atoms with van der Waals surface area (Å²) in [6.45, 7) is 3.29. The molecule has 0 aliphatic heterocycles. The maximum atomic E-state index is 12.3. The van der Waals surface area contributed by atoms with Gasteiger partial charge in [0.25, 0.3) is 0 Å². The Labute approximate surface area is 83.7 Å². The summed E-state index contributed by atoms with van der Waals surface area (Å²) < 4.78 is 37.0. The molecule has 1 aromatic rings. The first-order valence-electron chi connectivity index (χ1n) is 3.92. The van der Waals surface area contributed by atoms with E-state index in [0.717, 1.165) is 12.1 Å². The number of carboxylic acids is 1. The lowest BCUT2D eigenvalue weighted by molar-refractivity contribution is -0.137. The highest BCUT2D eigenvalue weighted by Crippen LogP contribution is 2.30. The van der Waals surface area contributed by atoms with Crippen molar-refractivity contribution >= 4 is 12.0 Å². The van der Waals surface area contributed by atoms with Gasteiger partial charge in [-0.2, -0.15) is 13.2 Å². The normalized spacial score (nSPS) is 11.1. The van der Waals surface area contributed by atoms with Crippen LogP contribution in [0.3, 0.4) is 0 Å². The summed E-state index contributed by atoms with van der Waals surface area (Å²) >= 11 is 0. The summed E-state index contributed by atoms with van der Waals surface area (Å²) in [4.78, 5) is 10.5. The van der Waals surface area contributed by atoms with Gasteiger partial charge in [-0.1, -0.05) is 12.7 Å². The third-order valence-corrected chi connectivity index (χ3v) is 1.77. The average molecular weight is 216 g/mol. The highest BCUT2D eigenvalue weighted by Gasteiger charge is 2.31. The molecule has 1 aromatic carbocycles. The lowest BCUT2D eigenvalue weighted by Gasteiger charge is -2.08. The van der Waals surface area contributed by atoms with Gasteiger partial charge in [0.15, 0.2) is 0 Å². The van der Waals surface area contributed by atoms with Crippen LogP contribution in [0.15, 0.2) is 24.8 Å². The fourth-order valence-electron chi connectivity index (χ4n) is 1.06. The number of halogens is 3. The molecule has 1 rings (SSSR count). The maximum absolute atomic E-state index is 12.3. The van der Waals surface area contributed by atoms with Crippen molar-refractivity contribution in [2.75, 3.05) is 0 Å². The predicted octanol–water partition coefficient (Wildman–Crippen LogP) is 3.05. The molecular weight excluding hydrogens is 209 g/mol. The number of hydrogen-bond acceptors (Lipinski definition) is 1. The number of aromatic carboxylic acids is 1. The molecule has 5 heteroatoms. The molecule has 0 aliphatic carbocycles. The fourth-order valence-corrected chi connectivity index (χ4v) is 1.06. The van der Waals surface area contributed by atoms with E-state index in [9.17, 15) is 18.0 Å². The van der Waals surface area contributed by atoms with E-state index < -0.39 is 23.3 Å². The molecule has 0 atom stereocenters. The van der Waals surface area contributed by atoms with Crippen molar-refractivity contribution in [3.05, 3.63) is 41.5 Å². The molecule has 0 aromatic heterocycles. The first-order chi connectivity index (χ1) is 6.84. The summed E-state index contributed by atoms with van der Waals surface area (Å²) in [7, 11) is 0. The average Bonchev–Trinajstić information content (AvgIpc) is 2.15. The van der Waals surface area contributed by atoms with Gasteiger partial charge in [-0.15, -0.1) is 0 Å². The SMILES string of the molecule is C=Cc1cc(C(=O)O)cc(C(F)(F)F)c1. The van der Waals surface area contributed by atoms with Gasteiger partial charge in [0.05, 0.1) is 11.1 Å². The van der Waals surface area contributed by atoms with Crippen molar-refractivity contribution in [3.63, 3.8) is 0 Å². The smallest absolute Gasteiger partial charge is 0.416 e. The first-order valence-corrected chi connectivity index (χ1v) is 3.92. The van der Waals surface area contributed by atoms with Crippen LogP contribution in [0.4, 0.5) is 13.2 Å². The second-order valence-corrected chi connectivity index (χ2v) is 2.85. The number of alkyl halides is 3. The van der Waals surface area contributed by atoms with E-state index >= 15 is 0 Å². The van der Waals surface area contributed by atoms with Gasteiger partial charge >= 0.3 is 12.1 Å². The molecule has 0 radical (unpaired) electrons. The van der Waals surface area contributed by atoms with Gasteiger partial charge in [-0.25, -0.2) is 4.79 Å². The predicted molar refractivity (Wildman–Crippen MR) is 48.5 cm³/mol. The largest absolute Gasteiger partial charge is 0.478 e. The molecule has 1 N–H and O–H groups in total. The zero-order valence-corrected chi connectivity index (χ0v) is 7.51. The van der Waals surface area contributed by atoms with Crippen LogP contribution in [-0.4, -0.2) is 11.1 Å². The van der Waals surface area contributed by atoms with Crippen molar-refractivity contribution < 1.29 is 23.1 Å². The van der Waals surface area contributed by atoms with Gasteiger partial charge in [-0.3, -0.25) is 0 Å². The van der Waals surface area contributed by atoms with Crippen LogP contribution in [0.2, 0.25) is 0 Å². The van der Waals surface area contributed by atoms with Crippen LogP contribution in [-0.2, 0) is 6.18 Å². The molecule has 15 heavy (non-hydrogen) atoms. The van der Waals surface area contributed by atoms with E-state index in [0.29, 0.717) is 6.07 Å². The number of benzene rings is 1. The van der Waals surface area contributed by atoms with Crippen LogP contribution < -0.4 is 0 Å². The molecule has 0 saturated carbocycles. The minimum atomic E-state index is -4.55. The van der Waals surface area contributed by atoms with Gasteiger partial charge < -0.3 is 5.11 Å². The number of rotatable bonds is 2. The van der Waals surface area contributed by atoms with Gasteiger partial charge in [-0.05, 0) is 23.8 Å². The standard InChI is InChI=1S/C10H7F3O2/c1-2-6-3-7(9(14)15)5-8(4-6)10(11,12)13/h2-5H,1H2,(H,14,15). The molecule has 2 nitrogen and oxygen atoms in total. The molecule has 80 valence electrons. The molecule has 0 bridgehead atoms. The van der Waals surface area contributed by atoms with E-state index in [1.807, 2.05) is 0 Å². The van der Waals surface area contributed by atoms with Gasteiger partial charge in [0.1, 0.15) is 0 Å². The summed E-state index contributed by atoms with van der Waals surface area (Å²) in [6.07, 6.45) is -3.38. The minimum absolute atomic E-state index is 0.127. The molecule has 0 spiro atoms. The van der Waals surface area contributed by atoms with Crippen LogP contribution in [0.25, 0.3) is 6.08 Å². The second kappa shape index (κ2) is 3.76. The summed E-state index contributed by atoms with van der Waals surface area (Å²) in [5, 5.41) is 8.59. The van der Waals surface area contributed by atoms with Crippen molar-refractivity contribution in [2.45, 2.75) is 6.18 Å². The highest BCUT2D eigenvalue weighted by atomic mass is 19.4. The third-order valence-electron chi connectivity index (χ3n) is 1.77. The molecule has 0 heterocycles. The number of carbonyl (C=O) groups is 1. The Morgan fingerprint density at radius 3 is 2.33 bits per heavy atom. The molecular formula is C10H7F3O2. The summed E-state index contributed by atoms with van der Waals surface area (Å²) in [5.41, 5.74) is -1.26. The zero-order valence-electron chi connectivity index (χ0n) is 7.51. The lowest BCUT2D eigenvalue weighted by Crippen LogP contribution is -2.08. The number of hydrogen-bond donors (Lipinski definition) is 1. The minimum Gasteiger partial charge on any atom is -0.478 e. The molecule has 0 aliphatic rings. The quantitative estimate of drug-likeness (QED) is 0.824. The van der Waals surface area contributed by atoms with Crippen LogP contribution in [0.5, 0.6) is 0 Å². The Morgan fingerprint density at radius 2 is 1.93 bits per heavy atom. The van der Waals surface area contributed by atoms with Crippen molar-refractivity contribution in [3.8, 4) is 0 Å². The Hall–Kier alpha value is -1.78. The van der Waals surface area contributed by atoms with Crippen LogP contribution in [0.1, 0.15) is 21.5 Å². The van der Waals surface area contributed by atoms with Crippen LogP contribution in [0, 0.1) is 0 Å². The van der Waals surface area contributed by atoms with E-state index in [4.69, 9.17) is 5.11 Å². The fraction of sp³-hybridized carbons (Fsp3) is 0.100. The first kappa shape index (κ1) is 11.3. The molecule has 0 unspecified atom stereocenters. The van der Waals surface area contributed by atoms with Gasteiger partial charge in [0, 0.05) is 0 Å². The number of carboxylic acid groups (broad SMARTS) is 1. The van der Waals surface area contributed by atoms with E-state index in [1.54, 1.807) is 0 Å². The summed E-state index contributed by atoms with van der Waals surface area (Å²) in [5.74, 6) is -1.40. The molecule has 0 saturated heterocycles. The zero-order chi connectivity index (χ0) is 11.6. The monoisotopic (exact) mass is 216 g/mol. The van der Waals surface area contributed by atoms with E-state index in [1.165, 1.54) is 6.08 Å². The lowest BCUT2D eigenvalue weighted by atomic mass is 10.1. The Morgan fingerprint density at radius 1 is 1.33 bits per heavy atom. The molecule has 0 fully saturated rings. The van der Waals surface area contributed by atoms with E-state index in [-0.39, 0.29) is 5.56 Å². The van der Waals surface area contributed by atoms with Crippen LogP contribution >= 0.6 is 0 Å². The maximum Gasteiger partial charge on any atom is 0.416 e.